The van der Waals surface area contributed by atoms with Gasteiger partial charge in [-0.25, -0.2) is 8.42 Å². The van der Waals surface area contributed by atoms with Gasteiger partial charge in [0.2, 0.25) is 0 Å². The summed E-state index contributed by atoms with van der Waals surface area (Å²) in [5, 5.41) is 3.22. The van der Waals surface area contributed by atoms with Gasteiger partial charge in [0, 0.05) is 27.2 Å². The zero-order chi connectivity index (χ0) is 17.8. The summed E-state index contributed by atoms with van der Waals surface area (Å²) in [7, 11) is 0.630. The van der Waals surface area contributed by atoms with Crippen LogP contribution in [0.2, 0.25) is 0 Å². The molecule has 0 fully saturated rings. The van der Waals surface area contributed by atoms with E-state index in [1.54, 1.807) is 7.05 Å². The second-order valence-corrected chi connectivity index (χ2v) is 7.94. The van der Waals surface area contributed by atoms with Crippen molar-refractivity contribution in [2.24, 2.45) is 4.99 Å². The lowest BCUT2D eigenvalue weighted by atomic mass is 10.2. The van der Waals surface area contributed by atoms with Gasteiger partial charge in [-0.3, -0.25) is 4.99 Å². The number of unbranched alkanes of at least 4 members (excludes halogenated alkanes) is 1. The third kappa shape index (κ3) is 10.5. The zero-order valence-electron chi connectivity index (χ0n) is 15.1. The van der Waals surface area contributed by atoms with Crippen molar-refractivity contribution in [2.45, 2.75) is 25.0 Å². The summed E-state index contributed by atoms with van der Waals surface area (Å²) >= 11 is 0. The highest BCUT2D eigenvalue weighted by Gasteiger charge is 2.12. The lowest BCUT2D eigenvalue weighted by molar-refractivity contribution is 0.470. The van der Waals surface area contributed by atoms with E-state index in [4.69, 9.17) is 0 Å². The van der Waals surface area contributed by atoms with Gasteiger partial charge in [-0.15, -0.1) is 30.6 Å². The van der Waals surface area contributed by atoms with Crippen LogP contribution in [0.25, 0.3) is 0 Å². The van der Waals surface area contributed by atoms with E-state index in [2.05, 4.69) is 16.9 Å². The van der Waals surface area contributed by atoms with Crippen LogP contribution in [0.5, 0.6) is 0 Å². The molecular formula is C18H30IN3O2S. The quantitative estimate of drug-likeness (QED) is 0.184. The summed E-state index contributed by atoms with van der Waals surface area (Å²) < 4.78 is 24.3. The molecule has 0 amide bonds. The predicted octanol–water partition coefficient (Wildman–Crippen LogP) is 3.08. The Kier molecular flexibility index (Phi) is 12.6. The van der Waals surface area contributed by atoms with E-state index in [0.29, 0.717) is 13.0 Å². The Hall–Kier alpha value is -1.09. The summed E-state index contributed by atoms with van der Waals surface area (Å²) in [5.74, 6) is 1.07. The number of halogens is 1. The first kappa shape index (κ1) is 23.9. The number of allylic oxidation sites excluding steroid dienone is 1. The third-order valence-corrected chi connectivity index (χ3v) is 5.30. The number of benzene rings is 1. The molecular weight excluding hydrogens is 449 g/mol. The number of hydrogen-bond donors (Lipinski definition) is 1. The maximum absolute atomic E-state index is 12.1. The van der Waals surface area contributed by atoms with Crippen LogP contribution in [0.15, 0.2) is 48.0 Å². The minimum Gasteiger partial charge on any atom is -0.356 e. The molecule has 0 radical (unpaired) electrons. The van der Waals surface area contributed by atoms with Gasteiger partial charge in [0.05, 0.1) is 11.5 Å². The van der Waals surface area contributed by atoms with Gasteiger partial charge < -0.3 is 10.2 Å². The van der Waals surface area contributed by atoms with Gasteiger partial charge in [0.15, 0.2) is 15.8 Å². The van der Waals surface area contributed by atoms with Crippen LogP contribution in [0.1, 0.15) is 24.8 Å². The molecule has 142 valence electrons. The highest BCUT2D eigenvalue weighted by Crippen LogP contribution is 2.07. The molecule has 0 heterocycles. The van der Waals surface area contributed by atoms with Crippen molar-refractivity contribution in [2.75, 3.05) is 32.9 Å². The first-order chi connectivity index (χ1) is 11.5. The van der Waals surface area contributed by atoms with Gasteiger partial charge in [-0.05, 0) is 24.8 Å². The average molecular weight is 479 g/mol. The van der Waals surface area contributed by atoms with Crippen LogP contribution in [-0.2, 0) is 15.6 Å². The van der Waals surface area contributed by atoms with E-state index >= 15 is 0 Å². The predicted molar refractivity (Wildman–Crippen MR) is 117 cm³/mol. The Balaban J connectivity index is 0.00000576. The zero-order valence-corrected chi connectivity index (χ0v) is 18.3. The summed E-state index contributed by atoms with van der Waals surface area (Å²) in [6, 6.07) is 9.29. The second-order valence-electron chi connectivity index (χ2n) is 5.76. The molecule has 0 bridgehead atoms. The van der Waals surface area contributed by atoms with Crippen LogP contribution in [-0.4, -0.2) is 52.2 Å². The van der Waals surface area contributed by atoms with E-state index < -0.39 is 9.84 Å². The lowest BCUT2D eigenvalue weighted by Crippen LogP contribution is -2.40. The largest absolute Gasteiger partial charge is 0.356 e. The van der Waals surface area contributed by atoms with Crippen LogP contribution in [0.3, 0.4) is 0 Å². The van der Waals surface area contributed by atoms with Gasteiger partial charge in [0.25, 0.3) is 0 Å². The fourth-order valence-electron chi connectivity index (χ4n) is 2.36. The van der Waals surface area contributed by atoms with Gasteiger partial charge in [-0.1, -0.05) is 36.4 Å². The lowest BCUT2D eigenvalue weighted by Gasteiger charge is -2.21. The SMILES string of the molecule is C=CCCCN(C)C(=NC)NCCCS(=O)(=O)Cc1ccccc1.I. The summed E-state index contributed by atoms with van der Waals surface area (Å²) in [6.45, 7) is 5.19. The van der Waals surface area contributed by atoms with Crippen LogP contribution < -0.4 is 5.32 Å². The van der Waals surface area contributed by atoms with Crippen molar-refractivity contribution in [1.82, 2.24) is 10.2 Å². The molecule has 1 N–H and O–H groups in total. The van der Waals surface area contributed by atoms with E-state index in [0.717, 1.165) is 30.9 Å². The number of guanidine groups is 1. The van der Waals surface area contributed by atoms with E-state index in [9.17, 15) is 8.42 Å². The molecule has 0 aromatic heterocycles. The molecule has 5 nitrogen and oxygen atoms in total. The molecule has 7 heteroatoms. The maximum atomic E-state index is 12.1. The molecule has 1 aromatic carbocycles. The minimum absolute atomic E-state index is 0. The number of nitrogens with zero attached hydrogens (tertiary/aromatic N) is 2. The Morgan fingerprint density at radius 2 is 1.96 bits per heavy atom. The summed E-state index contributed by atoms with van der Waals surface area (Å²) in [4.78, 5) is 6.27. The maximum Gasteiger partial charge on any atom is 0.193 e. The van der Waals surface area contributed by atoms with Crippen LogP contribution >= 0.6 is 24.0 Å². The van der Waals surface area contributed by atoms with Gasteiger partial charge in [0.1, 0.15) is 0 Å². The van der Waals surface area contributed by atoms with Gasteiger partial charge >= 0.3 is 0 Å². The first-order valence-corrected chi connectivity index (χ1v) is 10.1. The fraction of sp³-hybridized carbons (Fsp3) is 0.500. The fourth-order valence-corrected chi connectivity index (χ4v) is 3.78. The van der Waals surface area contributed by atoms with Gasteiger partial charge in [-0.2, -0.15) is 0 Å². The average Bonchev–Trinajstić information content (AvgIpc) is 2.55. The Bertz CT molecular complexity index is 618. The summed E-state index contributed by atoms with van der Waals surface area (Å²) in [5.41, 5.74) is 0.836. The number of rotatable bonds is 10. The monoisotopic (exact) mass is 479 g/mol. The van der Waals surface area contributed by atoms with E-state index in [1.807, 2.05) is 48.4 Å². The van der Waals surface area contributed by atoms with Crippen molar-refractivity contribution in [1.29, 1.82) is 0 Å². The normalized spacial score (nSPS) is 11.5. The number of hydrogen-bond acceptors (Lipinski definition) is 3. The van der Waals surface area contributed by atoms with Crippen molar-refractivity contribution in [3.8, 4) is 0 Å². The second kappa shape index (κ2) is 13.2. The highest BCUT2D eigenvalue weighted by atomic mass is 127. The Labute approximate surface area is 169 Å². The molecule has 0 aliphatic carbocycles. The molecule has 0 aliphatic rings. The topological polar surface area (TPSA) is 61.8 Å². The summed E-state index contributed by atoms with van der Waals surface area (Å²) in [6.07, 6.45) is 4.46. The molecule has 1 rings (SSSR count). The van der Waals surface area contributed by atoms with E-state index in [-0.39, 0.29) is 35.5 Å². The Morgan fingerprint density at radius 3 is 2.56 bits per heavy atom. The molecule has 25 heavy (non-hydrogen) atoms. The molecule has 0 saturated carbocycles. The van der Waals surface area contributed by atoms with Crippen molar-refractivity contribution < 1.29 is 8.42 Å². The number of sulfone groups is 1. The van der Waals surface area contributed by atoms with Crippen molar-refractivity contribution in [3.63, 3.8) is 0 Å². The van der Waals surface area contributed by atoms with Crippen LogP contribution in [0, 0.1) is 0 Å². The van der Waals surface area contributed by atoms with E-state index in [1.165, 1.54) is 0 Å². The highest BCUT2D eigenvalue weighted by molar-refractivity contribution is 14.0. The standard InChI is InChI=1S/C18H29N3O2S.HI/c1-4-5-9-14-21(3)18(19-2)20-13-10-15-24(22,23)16-17-11-7-6-8-12-17;/h4,6-8,11-12H,1,5,9-10,13-16H2,2-3H3,(H,19,20);1H. The molecule has 1 aromatic rings. The Morgan fingerprint density at radius 1 is 1.28 bits per heavy atom. The van der Waals surface area contributed by atoms with Crippen molar-refractivity contribution in [3.05, 3.63) is 48.6 Å². The van der Waals surface area contributed by atoms with Crippen LogP contribution in [0.4, 0.5) is 0 Å². The molecule has 0 spiro atoms. The molecule has 0 aliphatic heterocycles. The smallest absolute Gasteiger partial charge is 0.193 e. The van der Waals surface area contributed by atoms with Crippen molar-refractivity contribution >= 4 is 39.8 Å². The first-order valence-electron chi connectivity index (χ1n) is 8.25. The molecule has 0 atom stereocenters. The molecule has 0 saturated heterocycles. The molecule has 0 unspecified atom stereocenters. The number of aliphatic imine (C=N–C) groups is 1. The minimum atomic E-state index is -3.08. The number of nitrogens with one attached hydrogen (secondary N) is 1. The third-order valence-electron chi connectivity index (χ3n) is 3.62.